The molecule has 19 heteroatoms. The van der Waals surface area contributed by atoms with Crippen molar-refractivity contribution in [1.82, 2.24) is 34.8 Å². The summed E-state index contributed by atoms with van der Waals surface area (Å²) in [6.45, 7) is 7.66. The number of unbranched alkanes of at least 4 members (excludes halogenated alkanes) is 1. The Morgan fingerprint density at radius 1 is 0.941 bits per heavy atom. The lowest BCUT2D eigenvalue weighted by atomic mass is 10.1. The maximum absolute atomic E-state index is 13.8. The third kappa shape index (κ3) is 13.1. The Labute approximate surface area is 298 Å². The molecule has 2 aromatic rings. The Morgan fingerprint density at radius 3 is 2.27 bits per heavy atom. The number of aliphatic carboxylic acids is 1. The van der Waals surface area contributed by atoms with Crippen LogP contribution < -0.4 is 26.6 Å². The van der Waals surface area contributed by atoms with Gasteiger partial charge in [0.1, 0.15) is 12.6 Å². The van der Waals surface area contributed by atoms with Crippen LogP contribution in [0.1, 0.15) is 49.9 Å². The summed E-state index contributed by atoms with van der Waals surface area (Å²) in [7, 11) is 0. The maximum atomic E-state index is 13.8. The summed E-state index contributed by atoms with van der Waals surface area (Å²) in [4.78, 5) is 45.2. The Balaban J connectivity index is 1.34. The molecule has 0 radical (unpaired) electrons. The van der Waals surface area contributed by atoms with Gasteiger partial charge in [-0.15, -0.1) is 11.5 Å². The predicted molar refractivity (Wildman–Crippen MR) is 187 cm³/mol. The number of carbonyl (C=O) groups excluding carboxylic acids is 1. The van der Waals surface area contributed by atoms with Gasteiger partial charge in [0.15, 0.2) is 0 Å². The van der Waals surface area contributed by atoms with Crippen LogP contribution >= 0.6 is 0 Å². The van der Waals surface area contributed by atoms with Gasteiger partial charge in [0, 0.05) is 52.2 Å². The third-order valence-electron chi connectivity index (χ3n) is 8.35. The van der Waals surface area contributed by atoms with Crippen molar-refractivity contribution in [3.05, 3.63) is 11.9 Å². The number of nitrogens with two attached hydrogens (primary N) is 2. The molecular formula is C32H52N12O7. The van der Waals surface area contributed by atoms with Crippen molar-refractivity contribution in [2.45, 2.75) is 44.2 Å². The molecule has 4 heterocycles. The average Bonchev–Trinajstić information content (AvgIpc) is 3.64. The van der Waals surface area contributed by atoms with E-state index in [0.717, 1.165) is 12.8 Å². The highest BCUT2D eigenvalue weighted by Crippen LogP contribution is 2.23. The van der Waals surface area contributed by atoms with Crippen molar-refractivity contribution in [1.29, 1.82) is 0 Å². The van der Waals surface area contributed by atoms with E-state index in [1.165, 1.54) is 4.68 Å². The summed E-state index contributed by atoms with van der Waals surface area (Å²) in [6.07, 6.45) is 9.06. The molecule has 6 N–H and O–H groups in total. The van der Waals surface area contributed by atoms with Crippen LogP contribution in [0, 0.1) is 12.3 Å². The van der Waals surface area contributed by atoms with E-state index in [2.05, 4.69) is 31.4 Å². The van der Waals surface area contributed by atoms with E-state index in [9.17, 15) is 14.7 Å². The van der Waals surface area contributed by atoms with Crippen molar-refractivity contribution in [2.75, 3.05) is 120 Å². The number of carboxylic acid groups (broad SMARTS) is 1. The SMILES string of the molecule is C#CCOCCOCCOCCNc1nc(N2CCOCC2)nc(N2CCN(C(=O)C(CCC(=O)O)n3cc(C(N)CCCCN)nn3)CC2)n1. The molecule has 0 spiro atoms. The van der Waals surface area contributed by atoms with Gasteiger partial charge in [-0.05, 0) is 25.8 Å². The number of hydrogen-bond donors (Lipinski definition) is 4. The number of piperazine rings is 1. The van der Waals surface area contributed by atoms with Crippen molar-refractivity contribution in [3.8, 4) is 12.3 Å². The fraction of sp³-hybridized carbons (Fsp3) is 0.719. The van der Waals surface area contributed by atoms with E-state index in [1.807, 2.05) is 4.90 Å². The number of nitrogens with one attached hydrogen (secondary N) is 1. The van der Waals surface area contributed by atoms with Crippen LogP contribution in [0.15, 0.2) is 6.20 Å². The van der Waals surface area contributed by atoms with E-state index >= 15 is 0 Å². The lowest BCUT2D eigenvalue weighted by Gasteiger charge is -2.36. The second-order valence-electron chi connectivity index (χ2n) is 12.0. The molecule has 0 aromatic carbocycles. The minimum Gasteiger partial charge on any atom is -0.481 e. The van der Waals surface area contributed by atoms with E-state index in [0.29, 0.717) is 129 Å². The van der Waals surface area contributed by atoms with E-state index in [4.69, 9.17) is 46.8 Å². The van der Waals surface area contributed by atoms with Crippen molar-refractivity contribution < 1.29 is 33.6 Å². The Morgan fingerprint density at radius 2 is 1.61 bits per heavy atom. The molecule has 2 unspecified atom stereocenters. The van der Waals surface area contributed by atoms with Crippen molar-refractivity contribution >= 4 is 29.7 Å². The van der Waals surface area contributed by atoms with Crippen molar-refractivity contribution in [2.24, 2.45) is 11.5 Å². The highest BCUT2D eigenvalue weighted by Gasteiger charge is 2.31. The van der Waals surface area contributed by atoms with Crippen LogP contribution in [0.4, 0.5) is 17.8 Å². The molecule has 19 nitrogen and oxygen atoms in total. The number of carboxylic acids is 1. The van der Waals surface area contributed by atoms with Gasteiger partial charge in [0.25, 0.3) is 0 Å². The lowest BCUT2D eigenvalue weighted by molar-refractivity contribution is -0.138. The van der Waals surface area contributed by atoms with Crippen LogP contribution in [0.2, 0.25) is 0 Å². The second-order valence-corrected chi connectivity index (χ2v) is 12.0. The van der Waals surface area contributed by atoms with E-state index in [1.54, 1.807) is 11.1 Å². The molecule has 1 amide bonds. The fourth-order valence-electron chi connectivity index (χ4n) is 5.52. The predicted octanol–water partition coefficient (Wildman–Crippen LogP) is -0.722. The number of rotatable bonds is 23. The molecule has 2 atom stereocenters. The van der Waals surface area contributed by atoms with Gasteiger partial charge in [-0.3, -0.25) is 9.59 Å². The molecule has 2 saturated heterocycles. The quantitative estimate of drug-likeness (QED) is 0.0820. The second kappa shape index (κ2) is 21.9. The molecule has 2 fully saturated rings. The first-order valence-corrected chi connectivity index (χ1v) is 17.5. The zero-order chi connectivity index (χ0) is 36.3. The number of terminal acetylenes is 1. The van der Waals surface area contributed by atoms with E-state index < -0.39 is 12.0 Å². The smallest absolute Gasteiger partial charge is 0.303 e. The van der Waals surface area contributed by atoms with Gasteiger partial charge in [-0.25, -0.2) is 4.68 Å². The number of amides is 1. The molecule has 51 heavy (non-hydrogen) atoms. The zero-order valence-electron chi connectivity index (χ0n) is 29.2. The average molecular weight is 717 g/mol. The van der Waals surface area contributed by atoms with Crippen LogP contribution in [0.5, 0.6) is 0 Å². The van der Waals surface area contributed by atoms with Crippen molar-refractivity contribution in [3.63, 3.8) is 0 Å². The lowest BCUT2D eigenvalue weighted by Crippen LogP contribution is -2.51. The number of carbonyl (C=O) groups is 2. The molecule has 0 aliphatic carbocycles. The molecular weight excluding hydrogens is 664 g/mol. The summed E-state index contributed by atoms with van der Waals surface area (Å²) in [5.41, 5.74) is 12.5. The summed E-state index contributed by atoms with van der Waals surface area (Å²) < 4.78 is 23.3. The topological polar surface area (TPSA) is 234 Å². The molecule has 0 bridgehead atoms. The van der Waals surface area contributed by atoms with Crippen LogP contribution in [-0.4, -0.2) is 157 Å². The summed E-state index contributed by atoms with van der Waals surface area (Å²) in [6, 6.07) is -1.18. The number of nitrogens with zero attached hydrogens (tertiary/aromatic N) is 9. The molecule has 4 rings (SSSR count). The maximum Gasteiger partial charge on any atom is 0.303 e. The zero-order valence-corrected chi connectivity index (χ0v) is 29.2. The molecule has 2 aliphatic heterocycles. The Hall–Kier alpha value is -4.19. The molecule has 0 saturated carbocycles. The molecule has 282 valence electrons. The van der Waals surface area contributed by atoms with Gasteiger partial charge < -0.3 is 55.5 Å². The highest BCUT2D eigenvalue weighted by atomic mass is 16.5. The number of morpholine rings is 1. The van der Waals surface area contributed by atoms with Crippen LogP contribution in [0.3, 0.4) is 0 Å². The van der Waals surface area contributed by atoms with Gasteiger partial charge in [-0.1, -0.05) is 17.6 Å². The normalized spacial score (nSPS) is 16.1. The number of anilines is 3. The minimum absolute atomic E-state index is 0.0733. The Bertz CT molecular complexity index is 1380. The monoisotopic (exact) mass is 716 g/mol. The Kier molecular flexibility index (Phi) is 17.0. The standard InChI is InChI=1S/C32H52N12O7/c1-2-16-48-20-22-51-23-21-49-17-9-35-30-36-31(38-32(37-30)43-14-18-50-19-15-43)42-12-10-41(11-13-42)29(47)27(6-7-28(45)46)44-24-26(39-40-44)25(34)5-3-4-8-33/h1,24-25,27H,3-23,33-34H2,(H,45,46)(H,35,36,37,38). The minimum atomic E-state index is -0.995. The van der Waals surface area contributed by atoms with Gasteiger partial charge in [0.2, 0.25) is 23.8 Å². The highest BCUT2D eigenvalue weighted by molar-refractivity contribution is 5.81. The first-order valence-electron chi connectivity index (χ1n) is 17.5. The largest absolute Gasteiger partial charge is 0.481 e. The third-order valence-corrected chi connectivity index (χ3v) is 8.35. The number of aromatic nitrogens is 6. The summed E-state index contributed by atoms with van der Waals surface area (Å²) in [5.74, 6) is 2.65. The summed E-state index contributed by atoms with van der Waals surface area (Å²) >= 11 is 0. The molecule has 2 aliphatic rings. The van der Waals surface area contributed by atoms with E-state index in [-0.39, 0.29) is 31.4 Å². The van der Waals surface area contributed by atoms with Crippen LogP contribution in [0.25, 0.3) is 0 Å². The van der Waals surface area contributed by atoms with Crippen LogP contribution in [-0.2, 0) is 28.5 Å². The first-order chi connectivity index (χ1) is 24.9. The number of hydrogen-bond acceptors (Lipinski definition) is 16. The van der Waals surface area contributed by atoms with Gasteiger partial charge in [0.05, 0.1) is 64.2 Å². The molecule has 2 aromatic heterocycles. The summed E-state index contributed by atoms with van der Waals surface area (Å²) in [5, 5.41) is 21.0. The van der Waals surface area contributed by atoms with Gasteiger partial charge in [-0.2, -0.15) is 15.0 Å². The van der Waals surface area contributed by atoms with Gasteiger partial charge >= 0.3 is 5.97 Å². The first kappa shape index (κ1) is 39.6. The number of ether oxygens (including phenoxy) is 4. The fourth-order valence-corrected chi connectivity index (χ4v) is 5.52.